The van der Waals surface area contributed by atoms with Gasteiger partial charge in [-0.3, -0.25) is 0 Å². The van der Waals surface area contributed by atoms with Gasteiger partial charge in [0.2, 0.25) is 0 Å². The number of thiophene rings is 1. The molecule has 0 saturated heterocycles. The zero-order valence-electron chi connectivity index (χ0n) is 8.32. The molecule has 1 N–H and O–H groups in total. The smallest absolute Gasteiger partial charge is 0.335 e. The van der Waals surface area contributed by atoms with Gasteiger partial charge in [-0.25, -0.2) is 4.79 Å². The summed E-state index contributed by atoms with van der Waals surface area (Å²) >= 11 is 1.56. The first-order valence-electron chi connectivity index (χ1n) is 4.50. The van der Waals surface area contributed by atoms with E-state index >= 15 is 0 Å². The quantitative estimate of drug-likeness (QED) is 0.770. The van der Waals surface area contributed by atoms with Crippen LogP contribution in [-0.2, 0) is 22.4 Å². The average Bonchev–Trinajstić information content (AvgIpc) is 2.63. The molecule has 14 heavy (non-hydrogen) atoms. The first-order valence-corrected chi connectivity index (χ1v) is 5.38. The molecule has 3 nitrogen and oxygen atoms in total. The van der Waals surface area contributed by atoms with Gasteiger partial charge in [-0.05, 0) is 23.4 Å². The van der Waals surface area contributed by atoms with Crippen molar-refractivity contribution < 1.29 is 14.6 Å². The van der Waals surface area contributed by atoms with Crippen molar-refractivity contribution in [1.82, 2.24) is 0 Å². The third kappa shape index (κ3) is 2.56. The lowest BCUT2D eigenvalue weighted by Crippen LogP contribution is -2.24. The van der Waals surface area contributed by atoms with Crippen molar-refractivity contribution in [3.05, 3.63) is 21.9 Å². The van der Waals surface area contributed by atoms with Gasteiger partial charge in [-0.15, -0.1) is 11.3 Å². The fraction of sp³-hybridized carbons (Fsp3) is 0.500. The predicted molar refractivity (Wildman–Crippen MR) is 55.4 cm³/mol. The highest BCUT2D eigenvalue weighted by molar-refractivity contribution is 7.10. The zero-order chi connectivity index (χ0) is 10.6. The van der Waals surface area contributed by atoms with E-state index < -0.39 is 12.1 Å². The summed E-state index contributed by atoms with van der Waals surface area (Å²) in [7, 11) is 1.28. The summed E-state index contributed by atoms with van der Waals surface area (Å²) in [6, 6.07) is 2.02. The number of carbonyl (C=O) groups excluding carboxylic acids is 1. The monoisotopic (exact) mass is 214 g/mol. The molecule has 0 fully saturated rings. The largest absolute Gasteiger partial charge is 0.467 e. The Bertz CT molecular complexity index is 306. The van der Waals surface area contributed by atoms with Crippen LogP contribution < -0.4 is 0 Å². The highest BCUT2D eigenvalue weighted by Crippen LogP contribution is 2.19. The second-order valence-corrected chi connectivity index (χ2v) is 3.97. The van der Waals surface area contributed by atoms with Crippen molar-refractivity contribution in [2.75, 3.05) is 7.11 Å². The molecule has 1 unspecified atom stereocenters. The van der Waals surface area contributed by atoms with Crippen LogP contribution in [0.15, 0.2) is 11.4 Å². The highest BCUT2D eigenvalue weighted by Gasteiger charge is 2.17. The van der Waals surface area contributed by atoms with E-state index in [4.69, 9.17) is 0 Å². The van der Waals surface area contributed by atoms with Gasteiger partial charge in [0.05, 0.1) is 7.11 Å². The number of rotatable bonds is 4. The highest BCUT2D eigenvalue weighted by atomic mass is 32.1. The normalized spacial score (nSPS) is 12.5. The first-order chi connectivity index (χ1) is 6.69. The fourth-order valence-corrected chi connectivity index (χ4v) is 2.27. The zero-order valence-corrected chi connectivity index (χ0v) is 9.13. The summed E-state index contributed by atoms with van der Waals surface area (Å²) in [6.07, 6.45) is 0.240. The molecule has 0 spiro atoms. The maximum atomic E-state index is 11.0. The summed E-state index contributed by atoms with van der Waals surface area (Å²) < 4.78 is 4.45. The van der Waals surface area contributed by atoms with Gasteiger partial charge in [0.1, 0.15) is 0 Å². The number of hydrogen-bond acceptors (Lipinski definition) is 4. The molecule has 1 aromatic rings. The molecule has 0 aliphatic rings. The minimum absolute atomic E-state index is 0.355. The van der Waals surface area contributed by atoms with Crippen molar-refractivity contribution in [3.63, 3.8) is 0 Å². The maximum absolute atomic E-state index is 11.0. The second kappa shape index (κ2) is 5.12. The average molecular weight is 214 g/mol. The Hall–Kier alpha value is -0.870. The van der Waals surface area contributed by atoms with Crippen molar-refractivity contribution >= 4 is 17.3 Å². The van der Waals surface area contributed by atoms with Gasteiger partial charge in [0, 0.05) is 11.3 Å². The van der Waals surface area contributed by atoms with Crippen LogP contribution in [0.5, 0.6) is 0 Å². The molecular weight excluding hydrogens is 200 g/mol. The molecular formula is C10H14O3S. The number of hydrogen-bond donors (Lipinski definition) is 1. The Kier molecular flexibility index (Phi) is 4.10. The SMILES string of the molecule is CCc1ccsc1CC(O)C(=O)OC. The molecule has 0 bridgehead atoms. The number of carbonyl (C=O) groups is 1. The van der Waals surface area contributed by atoms with Crippen LogP contribution in [-0.4, -0.2) is 24.3 Å². The number of aryl methyl sites for hydroxylation is 1. The predicted octanol–water partition coefficient (Wildman–Crippen LogP) is 1.39. The number of methoxy groups -OCH3 is 1. The van der Waals surface area contributed by atoms with E-state index in [1.807, 2.05) is 11.4 Å². The minimum atomic E-state index is -1.04. The standard InChI is InChI=1S/C10H14O3S/c1-3-7-4-5-14-9(7)6-8(11)10(12)13-2/h4-5,8,11H,3,6H2,1-2H3. The molecule has 1 aromatic heterocycles. The third-order valence-electron chi connectivity index (χ3n) is 2.07. The summed E-state index contributed by atoms with van der Waals surface area (Å²) in [5.41, 5.74) is 1.19. The van der Waals surface area contributed by atoms with Gasteiger partial charge in [-0.1, -0.05) is 6.92 Å². The molecule has 0 aliphatic heterocycles. The Morgan fingerprint density at radius 1 is 1.71 bits per heavy atom. The first kappa shape index (κ1) is 11.2. The molecule has 0 saturated carbocycles. The van der Waals surface area contributed by atoms with Crippen LogP contribution in [0.1, 0.15) is 17.4 Å². The van der Waals surface area contributed by atoms with Crippen LogP contribution in [0.2, 0.25) is 0 Å². The summed E-state index contributed by atoms with van der Waals surface area (Å²) in [6.45, 7) is 2.05. The van der Waals surface area contributed by atoms with Crippen LogP contribution >= 0.6 is 11.3 Å². The van der Waals surface area contributed by atoms with Crippen LogP contribution in [0.25, 0.3) is 0 Å². The van der Waals surface area contributed by atoms with E-state index in [-0.39, 0.29) is 0 Å². The summed E-state index contributed by atoms with van der Waals surface area (Å²) in [4.78, 5) is 12.0. The minimum Gasteiger partial charge on any atom is -0.467 e. The molecule has 0 aromatic carbocycles. The van der Waals surface area contributed by atoms with E-state index in [0.29, 0.717) is 6.42 Å². The molecule has 0 amide bonds. The van der Waals surface area contributed by atoms with Gasteiger partial charge in [-0.2, -0.15) is 0 Å². The Morgan fingerprint density at radius 2 is 2.43 bits per heavy atom. The van der Waals surface area contributed by atoms with Gasteiger partial charge in [0.25, 0.3) is 0 Å². The van der Waals surface area contributed by atoms with Crippen LogP contribution in [0, 0.1) is 0 Å². The lowest BCUT2D eigenvalue weighted by molar-refractivity contribution is -0.150. The fourth-order valence-electron chi connectivity index (χ4n) is 1.26. The van der Waals surface area contributed by atoms with Gasteiger partial charge >= 0.3 is 5.97 Å². The van der Waals surface area contributed by atoms with E-state index in [2.05, 4.69) is 11.7 Å². The lowest BCUT2D eigenvalue weighted by atomic mass is 10.1. The van der Waals surface area contributed by atoms with E-state index in [0.717, 1.165) is 11.3 Å². The maximum Gasteiger partial charge on any atom is 0.335 e. The lowest BCUT2D eigenvalue weighted by Gasteiger charge is -2.07. The molecule has 1 atom stereocenters. The van der Waals surface area contributed by atoms with E-state index in [1.165, 1.54) is 12.7 Å². The molecule has 0 radical (unpaired) electrons. The number of aliphatic hydroxyl groups is 1. The van der Waals surface area contributed by atoms with Crippen LogP contribution in [0.3, 0.4) is 0 Å². The molecule has 4 heteroatoms. The Labute approximate surface area is 87.3 Å². The topological polar surface area (TPSA) is 46.5 Å². The van der Waals surface area contributed by atoms with Crippen molar-refractivity contribution in [1.29, 1.82) is 0 Å². The molecule has 1 rings (SSSR count). The van der Waals surface area contributed by atoms with E-state index in [1.54, 1.807) is 11.3 Å². The van der Waals surface area contributed by atoms with Crippen LogP contribution in [0.4, 0.5) is 0 Å². The molecule has 0 aliphatic carbocycles. The van der Waals surface area contributed by atoms with Gasteiger partial charge < -0.3 is 9.84 Å². The molecule has 78 valence electrons. The number of ether oxygens (including phenoxy) is 1. The Balaban J connectivity index is 2.64. The van der Waals surface area contributed by atoms with Crippen molar-refractivity contribution in [2.24, 2.45) is 0 Å². The summed E-state index contributed by atoms with van der Waals surface area (Å²) in [5.74, 6) is -0.569. The Morgan fingerprint density at radius 3 is 3.00 bits per heavy atom. The number of aliphatic hydroxyl groups excluding tert-OH is 1. The van der Waals surface area contributed by atoms with E-state index in [9.17, 15) is 9.90 Å². The molecule has 1 heterocycles. The van der Waals surface area contributed by atoms with Crippen molar-refractivity contribution in [2.45, 2.75) is 25.9 Å². The number of esters is 1. The van der Waals surface area contributed by atoms with Crippen molar-refractivity contribution in [3.8, 4) is 0 Å². The second-order valence-electron chi connectivity index (χ2n) is 2.97. The summed E-state index contributed by atoms with van der Waals surface area (Å²) in [5, 5.41) is 11.4. The third-order valence-corrected chi connectivity index (χ3v) is 3.06. The van der Waals surface area contributed by atoms with Gasteiger partial charge in [0.15, 0.2) is 6.10 Å².